The molecule has 0 spiro atoms. The Bertz CT molecular complexity index is 838. The predicted molar refractivity (Wildman–Crippen MR) is 96.5 cm³/mol. The van der Waals surface area contributed by atoms with Gasteiger partial charge in [-0.1, -0.05) is 29.8 Å². The van der Waals surface area contributed by atoms with Crippen molar-refractivity contribution in [1.29, 1.82) is 0 Å². The van der Waals surface area contributed by atoms with Crippen molar-refractivity contribution in [3.05, 3.63) is 59.4 Å². The fourth-order valence-corrected chi connectivity index (χ4v) is 3.48. The molecule has 0 radical (unpaired) electrons. The molecule has 1 fully saturated rings. The maximum absolute atomic E-state index is 5.29. The third-order valence-electron chi connectivity index (χ3n) is 4.89. The molecule has 0 aliphatic carbocycles. The number of hydrogen-bond donors (Lipinski definition) is 1. The lowest BCUT2D eigenvalue weighted by Crippen LogP contribution is -2.19. The lowest BCUT2D eigenvalue weighted by Gasteiger charge is -2.15. The SMILES string of the molecule is COc1ccc2nc([C@H]3CCN(Cc4ccc(C)cc4)C3)[nH]c2c1. The normalized spacial score (nSPS) is 18.3. The van der Waals surface area contributed by atoms with Crippen LogP contribution < -0.4 is 4.74 Å². The van der Waals surface area contributed by atoms with Gasteiger partial charge in [-0.15, -0.1) is 0 Å². The van der Waals surface area contributed by atoms with Crippen LogP contribution in [0, 0.1) is 6.92 Å². The van der Waals surface area contributed by atoms with Gasteiger partial charge in [-0.25, -0.2) is 4.98 Å². The molecule has 124 valence electrons. The number of aromatic amines is 1. The van der Waals surface area contributed by atoms with Crippen LogP contribution in [0.3, 0.4) is 0 Å². The Morgan fingerprint density at radius 3 is 2.83 bits per heavy atom. The highest BCUT2D eigenvalue weighted by Gasteiger charge is 2.26. The molecule has 1 aromatic heterocycles. The summed E-state index contributed by atoms with van der Waals surface area (Å²) in [6.07, 6.45) is 1.16. The molecule has 4 heteroatoms. The van der Waals surface area contributed by atoms with E-state index in [9.17, 15) is 0 Å². The first-order valence-electron chi connectivity index (χ1n) is 8.53. The zero-order valence-electron chi connectivity index (χ0n) is 14.2. The van der Waals surface area contributed by atoms with Crippen molar-refractivity contribution >= 4 is 11.0 Å². The van der Waals surface area contributed by atoms with Gasteiger partial charge in [0.05, 0.1) is 18.1 Å². The number of ether oxygens (including phenoxy) is 1. The Morgan fingerprint density at radius 2 is 2.04 bits per heavy atom. The van der Waals surface area contributed by atoms with E-state index >= 15 is 0 Å². The van der Waals surface area contributed by atoms with Gasteiger partial charge in [0.15, 0.2) is 0 Å². The Balaban J connectivity index is 1.47. The zero-order chi connectivity index (χ0) is 16.5. The summed E-state index contributed by atoms with van der Waals surface area (Å²) in [5, 5.41) is 0. The molecule has 1 aliphatic heterocycles. The molecule has 3 aromatic rings. The highest BCUT2D eigenvalue weighted by molar-refractivity contribution is 5.76. The minimum absolute atomic E-state index is 0.480. The van der Waals surface area contributed by atoms with Crippen LogP contribution in [0.1, 0.15) is 29.3 Å². The number of nitrogens with zero attached hydrogens (tertiary/aromatic N) is 2. The molecule has 0 unspecified atom stereocenters. The molecule has 1 saturated heterocycles. The molecule has 4 nitrogen and oxygen atoms in total. The van der Waals surface area contributed by atoms with Gasteiger partial charge in [-0.2, -0.15) is 0 Å². The molecular formula is C20H23N3O. The van der Waals surface area contributed by atoms with Crippen LogP contribution in [0.4, 0.5) is 0 Å². The summed E-state index contributed by atoms with van der Waals surface area (Å²) in [6.45, 7) is 5.33. The van der Waals surface area contributed by atoms with Crippen LogP contribution in [-0.4, -0.2) is 35.1 Å². The minimum atomic E-state index is 0.480. The Hall–Kier alpha value is -2.33. The second-order valence-electron chi connectivity index (χ2n) is 6.71. The molecule has 1 N–H and O–H groups in total. The average Bonchev–Trinajstić information content (AvgIpc) is 3.22. The van der Waals surface area contributed by atoms with Crippen molar-refractivity contribution in [2.75, 3.05) is 20.2 Å². The highest BCUT2D eigenvalue weighted by atomic mass is 16.5. The van der Waals surface area contributed by atoms with Crippen molar-refractivity contribution in [2.24, 2.45) is 0 Å². The second kappa shape index (κ2) is 6.29. The Morgan fingerprint density at radius 1 is 1.21 bits per heavy atom. The molecular weight excluding hydrogens is 298 g/mol. The van der Waals surface area contributed by atoms with Crippen molar-refractivity contribution in [1.82, 2.24) is 14.9 Å². The fourth-order valence-electron chi connectivity index (χ4n) is 3.48. The van der Waals surface area contributed by atoms with Gasteiger partial charge >= 0.3 is 0 Å². The van der Waals surface area contributed by atoms with Crippen LogP contribution in [0.25, 0.3) is 11.0 Å². The Labute approximate surface area is 142 Å². The molecule has 1 aliphatic rings. The molecule has 2 heterocycles. The number of imidazole rings is 1. The van der Waals surface area contributed by atoms with E-state index in [1.165, 1.54) is 11.1 Å². The summed E-state index contributed by atoms with van der Waals surface area (Å²) in [7, 11) is 1.69. The van der Waals surface area contributed by atoms with E-state index in [0.29, 0.717) is 5.92 Å². The van der Waals surface area contributed by atoms with Gasteiger partial charge in [0, 0.05) is 25.1 Å². The largest absolute Gasteiger partial charge is 0.497 e. The summed E-state index contributed by atoms with van der Waals surface area (Å²) in [4.78, 5) is 10.8. The monoisotopic (exact) mass is 321 g/mol. The summed E-state index contributed by atoms with van der Waals surface area (Å²) in [6, 6.07) is 14.8. The molecule has 24 heavy (non-hydrogen) atoms. The van der Waals surface area contributed by atoms with Gasteiger partial charge in [-0.3, -0.25) is 4.90 Å². The van der Waals surface area contributed by atoms with E-state index < -0.39 is 0 Å². The first-order chi connectivity index (χ1) is 11.7. The van der Waals surface area contributed by atoms with E-state index in [-0.39, 0.29) is 0 Å². The smallest absolute Gasteiger partial charge is 0.121 e. The van der Waals surface area contributed by atoms with Gasteiger partial charge in [-0.05, 0) is 37.6 Å². The highest BCUT2D eigenvalue weighted by Crippen LogP contribution is 2.29. The van der Waals surface area contributed by atoms with Crippen LogP contribution in [0.2, 0.25) is 0 Å². The van der Waals surface area contributed by atoms with Gasteiger partial charge < -0.3 is 9.72 Å². The maximum Gasteiger partial charge on any atom is 0.121 e. The number of H-pyrrole nitrogens is 1. The standard InChI is InChI=1S/C20H23N3O/c1-14-3-5-15(6-4-14)12-23-10-9-16(13-23)20-21-18-8-7-17(24-2)11-19(18)22-20/h3-8,11,16H,9-10,12-13H2,1-2H3,(H,21,22)/t16-/m0/s1. The summed E-state index contributed by atoms with van der Waals surface area (Å²) < 4.78 is 5.29. The first kappa shape index (κ1) is 15.2. The lowest BCUT2D eigenvalue weighted by atomic mass is 10.1. The third kappa shape index (κ3) is 3.02. The maximum atomic E-state index is 5.29. The van der Waals surface area contributed by atoms with Crippen LogP contribution in [0.15, 0.2) is 42.5 Å². The van der Waals surface area contributed by atoms with Gasteiger partial charge in [0.1, 0.15) is 11.6 Å². The number of likely N-dealkylation sites (tertiary alicyclic amines) is 1. The van der Waals surface area contributed by atoms with E-state index in [2.05, 4.69) is 41.1 Å². The lowest BCUT2D eigenvalue weighted by molar-refractivity contribution is 0.326. The number of benzene rings is 2. The number of fused-ring (bicyclic) bond motifs is 1. The van der Waals surface area contributed by atoms with Crippen molar-refractivity contribution in [3.63, 3.8) is 0 Å². The van der Waals surface area contributed by atoms with E-state index in [4.69, 9.17) is 9.72 Å². The van der Waals surface area contributed by atoms with Gasteiger partial charge in [0.2, 0.25) is 0 Å². The number of methoxy groups -OCH3 is 1. The van der Waals surface area contributed by atoms with Crippen LogP contribution >= 0.6 is 0 Å². The fraction of sp³-hybridized carbons (Fsp3) is 0.350. The van der Waals surface area contributed by atoms with Crippen LogP contribution in [-0.2, 0) is 6.54 Å². The van der Waals surface area contributed by atoms with E-state index in [1.54, 1.807) is 7.11 Å². The van der Waals surface area contributed by atoms with Crippen LogP contribution in [0.5, 0.6) is 5.75 Å². The first-order valence-corrected chi connectivity index (χ1v) is 8.53. The number of hydrogen-bond acceptors (Lipinski definition) is 3. The summed E-state index contributed by atoms with van der Waals surface area (Å²) in [5.41, 5.74) is 4.77. The molecule has 2 aromatic carbocycles. The average molecular weight is 321 g/mol. The topological polar surface area (TPSA) is 41.1 Å². The summed E-state index contributed by atoms with van der Waals surface area (Å²) in [5.74, 6) is 2.45. The Kier molecular flexibility index (Phi) is 3.98. The minimum Gasteiger partial charge on any atom is -0.497 e. The molecule has 0 saturated carbocycles. The quantitative estimate of drug-likeness (QED) is 0.793. The summed E-state index contributed by atoms with van der Waals surface area (Å²) >= 11 is 0. The van der Waals surface area contributed by atoms with Gasteiger partial charge in [0.25, 0.3) is 0 Å². The predicted octanol–water partition coefficient (Wildman–Crippen LogP) is 3.87. The molecule has 0 amide bonds. The van der Waals surface area contributed by atoms with Crippen molar-refractivity contribution < 1.29 is 4.74 Å². The van der Waals surface area contributed by atoms with Crippen molar-refractivity contribution in [3.8, 4) is 5.75 Å². The number of nitrogens with one attached hydrogen (secondary N) is 1. The number of rotatable bonds is 4. The molecule has 0 bridgehead atoms. The van der Waals surface area contributed by atoms with Crippen molar-refractivity contribution in [2.45, 2.75) is 25.8 Å². The molecule has 1 atom stereocenters. The number of aromatic nitrogens is 2. The second-order valence-corrected chi connectivity index (χ2v) is 6.71. The van der Waals surface area contributed by atoms with E-state index in [1.807, 2.05) is 18.2 Å². The molecule has 4 rings (SSSR count). The zero-order valence-corrected chi connectivity index (χ0v) is 14.2. The number of aryl methyl sites for hydroxylation is 1. The third-order valence-corrected chi connectivity index (χ3v) is 4.89. The van der Waals surface area contributed by atoms with E-state index in [0.717, 1.165) is 48.7 Å².